The van der Waals surface area contributed by atoms with Gasteiger partial charge in [0, 0.05) is 17.5 Å². The number of fused-ring (bicyclic) bond motifs is 1. The van der Waals surface area contributed by atoms with Crippen LogP contribution in [0.25, 0.3) is 11.3 Å². The van der Waals surface area contributed by atoms with Crippen LogP contribution in [0.5, 0.6) is 0 Å². The van der Waals surface area contributed by atoms with Gasteiger partial charge in [-0.1, -0.05) is 47.4 Å². The molecule has 0 aliphatic carbocycles. The number of para-hydroxylation sites is 1. The van der Waals surface area contributed by atoms with E-state index in [1.54, 1.807) is 15.1 Å². The molecule has 3 heterocycles. The Kier molecular flexibility index (Phi) is 4.94. The minimum absolute atomic E-state index is 0.0632. The number of rotatable bonds is 4. The van der Waals surface area contributed by atoms with Gasteiger partial charge in [0.2, 0.25) is 0 Å². The second kappa shape index (κ2) is 7.38. The topological polar surface area (TPSA) is 52.2 Å². The van der Waals surface area contributed by atoms with E-state index in [1.165, 1.54) is 23.1 Å². The molecule has 3 aromatic heterocycles. The second-order valence-electron chi connectivity index (χ2n) is 6.07. The summed E-state index contributed by atoms with van der Waals surface area (Å²) >= 11 is 8.49. The van der Waals surface area contributed by atoms with Crippen molar-refractivity contribution >= 4 is 41.0 Å². The number of benzene rings is 1. The summed E-state index contributed by atoms with van der Waals surface area (Å²) in [5, 5.41) is 4.64. The summed E-state index contributed by atoms with van der Waals surface area (Å²) in [6, 6.07) is 15.3. The lowest BCUT2D eigenvalue weighted by atomic mass is 10.2. The van der Waals surface area contributed by atoms with Crippen molar-refractivity contribution < 1.29 is 0 Å². The quantitative estimate of drug-likeness (QED) is 0.363. The maximum atomic E-state index is 12.4. The van der Waals surface area contributed by atoms with Gasteiger partial charge in [-0.2, -0.15) is 0 Å². The standard InChI is InChI=1S/C19H16N4OS3/c1-12-6-3-4-8-15(12)23-19(25)27-18(21-23)26-11-14-10-17(24)22-13(2)7-5-9-16(22)20-14/h3-10H,11H2,1-2H3. The number of aryl methyl sites for hydroxylation is 2. The molecule has 136 valence electrons. The fourth-order valence-electron chi connectivity index (χ4n) is 2.85. The zero-order chi connectivity index (χ0) is 19.0. The van der Waals surface area contributed by atoms with E-state index in [9.17, 15) is 4.79 Å². The summed E-state index contributed by atoms with van der Waals surface area (Å²) in [7, 11) is 0. The molecule has 0 unspecified atom stereocenters. The van der Waals surface area contributed by atoms with Crippen molar-refractivity contribution in [1.82, 2.24) is 19.2 Å². The van der Waals surface area contributed by atoms with Crippen LogP contribution in [0.15, 0.2) is 57.7 Å². The fraction of sp³-hybridized carbons (Fsp3) is 0.158. The highest BCUT2D eigenvalue weighted by Gasteiger charge is 2.10. The molecule has 0 saturated heterocycles. The van der Waals surface area contributed by atoms with Crippen LogP contribution in [0, 0.1) is 17.8 Å². The fourth-order valence-corrected chi connectivity index (χ4v) is 5.09. The molecular weight excluding hydrogens is 396 g/mol. The Labute approximate surface area is 169 Å². The zero-order valence-electron chi connectivity index (χ0n) is 14.7. The van der Waals surface area contributed by atoms with Gasteiger partial charge in [-0.15, -0.1) is 5.10 Å². The number of aromatic nitrogens is 4. The van der Waals surface area contributed by atoms with Gasteiger partial charge in [0.05, 0.1) is 11.4 Å². The second-order valence-corrected chi connectivity index (χ2v) is 8.91. The molecule has 1 aromatic carbocycles. The Hall–Kier alpha value is -2.29. The average Bonchev–Trinajstić information content (AvgIpc) is 3.01. The van der Waals surface area contributed by atoms with Gasteiger partial charge in [0.25, 0.3) is 5.56 Å². The summed E-state index contributed by atoms with van der Waals surface area (Å²) in [6.45, 7) is 3.94. The summed E-state index contributed by atoms with van der Waals surface area (Å²) in [4.78, 5) is 17.0. The van der Waals surface area contributed by atoms with Gasteiger partial charge in [-0.05, 0) is 49.8 Å². The van der Waals surface area contributed by atoms with Crippen LogP contribution >= 0.6 is 35.3 Å². The first-order chi connectivity index (χ1) is 13.0. The minimum atomic E-state index is -0.0632. The summed E-state index contributed by atoms with van der Waals surface area (Å²) in [5.74, 6) is 0.565. The Bertz CT molecular complexity index is 1260. The van der Waals surface area contributed by atoms with Gasteiger partial charge in [-0.25, -0.2) is 9.67 Å². The number of thioether (sulfide) groups is 1. The van der Waals surface area contributed by atoms with E-state index in [0.717, 1.165) is 27.0 Å². The lowest BCUT2D eigenvalue weighted by molar-refractivity contribution is 0.823. The molecule has 27 heavy (non-hydrogen) atoms. The van der Waals surface area contributed by atoms with E-state index >= 15 is 0 Å². The molecular formula is C19H16N4OS3. The molecule has 0 radical (unpaired) electrons. The number of hydrogen-bond acceptors (Lipinski definition) is 6. The minimum Gasteiger partial charge on any atom is -0.269 e. The maximum Gasteiger partial charge on any atom is 0.258 e. The normalized spacial score (nSPS) is 11.2. The number of hydrogen-bond donors (Lipinski definition) is 0. The Morgan fingerprint density at radius 3 is 2.78 bits per heavy atom. The van der Waals surface area contributed by atoms with E-state index in [-0.39, 0.29) is 5.56 Å². The summed E-state index contributed by atoms with van der Waals surface area (Å²) in [6.07, 6.45) is 0. The van der Waals surface area contributed by atoms with Gasteiger partial charge in [0.15, 0.2) is 8.29 Å². The first-order valence-corrected chi connectivity index (χ1v) is 10.5. The van der Waals surface area contributed by atoms with E-state index in [1.807, 2.05) is 56.3 Å². The Morgan fingerprint density at radius 1 is 1.15 bits per heavy atom. The van der Waals surface area contributed by atoms with Crippen molar-refractivity contribution in [3.05, 3.63) is 79.8 Å². The third-order valence-corrected chi connectivity index (χ3v) is 6.55. The molecule has 0 atom stereocenters. The number of nitrogens with zero attached hydrogens (tertiary/aromatic N) is 4. The van der Waals surface area contributed by atoms with Crippen LogP contribution in [0.2, 0.25) is 0 Å². The molecule has 0 amide bonds. The van der Waals surface area contributed by atoms with E-state index in [4.69, 9.17) is 12.2 Å². The van der Waals surface area contributed by atoms with Gasteiger partial charge in [0.1, 0.15) is 5.65 Å². The SMILES string of the molecule is Cc1ccccc1-n1nc(SCc2cc(=O)n3c(C)cccc3n2)sc1=S. The first kappa shape index (κ1) is 18.1. The van der Waals surface area contributed by atoms with Crippen LogP contribution in [0.4, 0.5) is 0 Å². The predicted molar refractivity (Wildman–Crippen MR) is 113 cm³/mol. The third-order valence-electron chi connectivity index (χ3n) is 4.15. The average molecular weight is 413 g/mol. The smallest absolute Gasteiger partial charge is 0.258 e. The Balaban J connectivity index is 1.61. The first-order valence-electron chi connectivity index (χ1n) is 8.30. The molecule has 4 aromatic rings. The van der Waals surface area contributed by atoms with Crippen molar-refractivity contribution in [2.24, 2.45) is 0 Å². The van der Waals surface area contributed by atoms with Crippen molar-refractivity contribution in [3.63, 3.8) is 0 Å². The molecule has 0 saturated carbocycles. The highest BCUT2D eigenvalue weighted by Crippen LogP contribution is 2.27. The number of pyridine rings is 1. The molecule has 5 nitrogen and oxygen atoms in total. The van der Waals surface area contributed by atoms with Crippen LogP contribution in [0.1, 0.15) is 17.0 Å². The van der Waals surface area contributed by atoms with Crippen molar-refractivity contribution in [2.45, 2.75) is 23.9 Å². The van der Waals surface area contributed by atoms with Crippen molar-refractivity contribution in [1.29, 1.82) is 0 Å². The lowest BCUT2D eigenvalue weighted by Gasteiger charge is -2.06. The van der Waals surface area contributed by atoms with Crippen LogP contribution in [-0.2, 0) is 5.75 Å². The van der Waals surface area contributed by atoms with E-state index in [2.05, 4.69) is 10.1 Å². The Morgan fingerprint density at radius 2 is 1.96 bits per heavy atom. The van der Waals surface area contributed by atoms with E-state index in [0.29, 0.717) is 15.4 Å². The van der Waals surface area contributed by atoms with Crippen LogP contribution < -0.4 is 5.56 Å². The molecule has 8 heteroatoms. The highest BCUT2D eigenvalue weighted by molar-refractivity contribution is 8.00. The van der Waals surface area contributed by atoms with Crippen molar-refractivity contribution in [2.75, 3.05) is 0 Å². The molecule has 4 rings (SSSR count). The summed E-state index contributed by atoms with van der Waals surface area (Å²) in [5.41, 5.74) is 4.32. The highest BCUT2D eigenvalue weighted by atomic mass is 32.2. The van der Waals surface area contributed by atoms with E-state index < -0.39 is 0 Å². The van der Waals surface area contributed by atoms with Crippen LogP contribution in [-0.4, -0.2) is 19.2 Å². The molecule has 0 N–H and O–H groups in total. The third kappa shape index (κ3) is 3.60. The molecule has 0 spiro atoms. The molecule has 0 bridgehead atoms. The zero-order valence-corrected chi connectivity index (χ0v) is 17.2. The van der Waals surface area contributed by atoms with Gasteiger partial charge < -0.3 is 0 Å². The summed E-state index contributed by atoms with van der Waals surface area (Å²) < 4.78 is 4.97. The van der Waals surface area contributed by atoms with Crippen molar-refractivity contribution in [3.8, 4) is 5.69 Å². The largest absolute Gasteiger partial charge is 0.269 e. The molecule has 0 aliphatic heterocycles. The van der Waals surface area contributed by atoms with Crippen LogP contribution in [0.3, 0.4) is 0 Å². The van der Waals surface area contributed by atoms with Gasteiger partial charge >= 0.3 is 0 Å². The monoisotopic (exact) mass is 412 g/mol. The van der Waals surface area contributed by atoms with Gasteiger partial charge in [-0.3, -0.25) is 9.20 Å². The predicted octanol–water partition coefficient (Wildman–Crippen LogP) is 4.58. The molecule has 0 fully saturated rings. The molecule has 0 aliphatic rings. The maximum absolute atomic E-state index is 12.4. The lowest BCUT2D eigenvalue weighted by Crippen LogP contribution is -2.17.